The highest BCUT2D eigenvalue weighted by Gasteiger charge is 2.19. The number of ether oxygens (including phenoxy) is 1. The Balaban J connectivity index is 3.24. The minimum absolute atomic E-state index is 0.232. The van der Waals surface area contributed by atoms with E-state index in [-0.39, 0.29) is 4.99 Å². The third-order valence-electron chi connectivity index (χ3n) is 1.59. The predicted molar refractivity (Wildman–Crippen MR) is 63.3 cm³/mol. The largest absolute Gasteiger partial charge is 0.465 e. The van der Waals surface area contributed by atoms with Gasteiger partial charge in [-0.3, -0.25) is 0 Å². The molecular weight excluding hydrogens is 238 g/mol. The number of hydrogen-bond acceptors (Lipinski definition) is 5. The zero-order valence-corrected chi connectivity index (χ0v) is 10.1. The highest BCUT2D eigenvalue weighted by Crippen LogP contribution is 2.30. The van der Waals surface area contributed by atoms with Gasteiger partial charge < -0.3 is 10.5 Å². The maximum Gasteiger partial charge on any atom is 0.339 e. The van der Waals surface area contributed by atoms with Crippen molar-refractivity contribution in [2.24, 2.45) is 5.73 Å². The van der Waals surface area contributed by atoms with Crippen LogP contribution in [-0.4, -0.2) is 24.3 Å². The first-order valence-electron chi connectivity index (χ1n) is 3.65. The fourth-order valence-electron chi connectivity index (χ4n) is 0.984. The van der Waals surface area contributed by atoms with Crippen LogP contribution in [0.15, 0.2) is 9.59 Å². The average Bonchev–Trinajstić information content (AvgIpc) is 2.59. The number of methoxy groups -OCH3 is 1. The summed E-state index contributed by atoms with van der Waals surface area (Å²) in [4.78, 5) is 11.6. The van der Waals surface area contributed by atoms with Gasteiger partial charge in [-0.25, -0.2) is 4.79 Å². The molecule has 1 heterocycles. The van der Waals surface area contributed by atoms with Crippen molar-refractivity contribution in [2.75, 3.05) is 13.4 Å². The van der Waals surface area contributed by atoms with Crippen LogP contribution >= 0.6 is 35.3 Å². The molecule has 0 aliphatic rings. The maximum absolute atomic E-state index is 11.3. The Bertz CT molecular complexity index is 373. The molecule has 1 aromatic heterocycles. The van der Waals surface area contributed by atoms with E-state index >= 15 is 0 Å². The molecule has 0 fully saturated rings. The van der Waals surface area contributed by atoms with E-state index in [0.717, 1.165) is 4.21 Å². The summed E-state index contributed by atoms with van der Waals surface area (Å²) in [6, 6.07) is 0. The first kappa shape index (κ1) is 11.5. The number of carbonyl (C=O) groups excluding carboxylic acids is 1. The summed E-state index contributed by atoms with van der Waals surface area (Å²) in [5.41, 5.74) is 6.63. The van der Waals surface area contributed by atoms with Crippen molar-refractivity contribution < 1.29 is 9.53 Å². The second-order valence-electron chi connectivity index (χ2n) is 2.37. The Morgan fingerprint density at radius 1 is 1.71 bits per heavy atom. The SMILES string of the molecule is COC(=O)c1csc(SC)c1C(N)=S. The van der Waals surface area contributed by atoms with Gasteiger partial charge >= 0.3 is 5.97 Å². The van der Waals surface area contributed by atoms with Crippen molar-refractivity contribution >= 4 is 46.3 Å². The standard InChI is InChI=1S/C8H9NO2S3/c1-11-7(10)4-3-14-8(13-2)5(4)6(9)12/h3H,1-2H3,(H2,9,12). The van der Waals surface area contributed by atoms with E-state index in [4.69, 9.17) is 18.0 Å². The molecule has 0 radical (unpaired) electrons. The lowest BCUT2D eigenvalue weighted by Crippen LogP contribution is -2.14. The molecule has 1 aromatic rings. The lowest BCUT2D eigenvalue weighted by Gasteiger charge is -2.02. The molecule has 0 bridgehead atoms. The van der Waals surface area contributed by atoms with Gasteiger partial charge in [0.1, 0.15) is 4.99 Å². The van der Waals surface area contributed by atoms with Crippen LogP contribution in [0.4, 0.5) is 0 Å². The summed E-state index contributed by atoms with van der Waals surface area (Å²) in [5, 5.41) is 1.71. The van der Waals surface area contributed by atoms with Crippen LogP contribution in [0.2, 0.25) is 0 Å². The van der Waals surface area contributed by atoms with E-state index in [0.29, 0.717) is 11.1 Å². The quantitative estimate of drug-likeness (QED) is 0.502. The Morgan fingerprint density at radius 2 is 2.36 bits per heavy atom. The number of esters is 1. The molecule has 0 aliphatic carbocycles. The molecule has 2 N–H and O–H groups in total. The lowest BCUT2D eigenvalue weighted by molar-refractivity contribution is 0.0601. The van der Waals surface area contributed by atoms with Crippen LogP contribution in [0.1, 0.15) is 15.9 Å². The number of thioether (sulfide) groups is 1. The van der Waals surface area contributed by atoms with Gasteiger partial charge in [0.05, 0.1) is 16.9 Å². The van der Waals surface area contributed by atoms with Crippen molar-refractivity contribution in [3.63, 3.8) is 0 Å². The normalized spacial score (nSPS) is 9.86. The summed E-state index contributed by atoms with van der Waals surface area (Å²) in [5.74, 6) is -0.399. The summed E-state index contributed by atoms with van der Waals surface area (Å²) in [6.45, 7) is 0. The molecule has 0 aromatic carbocycles. The zero-order chi connectivity index (χ0) is 10.7. The first-order chi connectivity index (χ1) is 6.61. The van der Waals surface area contributed by atoms with Gasteiger partial charge in [-0.05, 0) is 6.26 Å². The van der Waals surface area contributed by atoms with E-state index < -0.39 is 5.97 Å². The van der Waals surface area contributed by atoms with Gasteiger partial charge in [0.2, 0.25) is 0 Å². The number of rotatable bonds is 3. The molecule has 0 saturated carbocycles. The monoisotopic (exact) mass is 247 g/mol. The number of hydrogen-bond donors (Lipinski definition) is 1. The molecular formula is C8H9NO2S3. The third kappa shape index (κ3) is 2.08. The maximum atomic E-state index is 11.3. The molecule has 76 valence electrons. The van der Waals surface area contributed by atoms with Gasteiger partial charge in [0.25, 0.3) is 0 Å². The first-order valence-corrected chi connectivity index (χ1v) is 6.16. The molecule has 0 saturated heterocycles. The van der Waals surface area contributed by atoms with Crippen LogP contribution in [-0.2, 0) is 4.74 Å². The molecule has 0 atom stereocenters. The van der Waals surface area contributed by atoms with E-state index in [1.54, 1.807) is 5.38 Å². The molecule has 6 heteroatoms. The van der Waals surface area contributed by atoms with Crippen LogP contribution < -0.4 is 5.73 Å². The summed E-state index contributed by atoms with van der Waals surface area (Å²) >= 11 is 7.85. The fraction of sp³-hybridized carbons (Fsp3) is 0.250. The highest BCUT2D eigenvalue weighted by atomic mass is 32.2. The Kier molecular flexibility index (Phi) is 3.91. The van der Waals surface area contributed by atoms with Gasteiger partial charge in [-0.1, -0.05) is 12.2 Å². The van der Waals surface area contributed by atoms with Crippen molar-refractivity contribution in [2.45, 2.75) is 4.21 Å². The highest BCUT2D eigenvalue weighted by molar-refractivity contribution is 8.00. The topological polar surface area (TPSA) is 52.3 Å². The molecule has 0 unspecified atom stereocenters. The number of carbonyl (C=O) groups is 1. The van der Waals surface area contributed by atoms with Crippen molar-refractivity contribution in [1.29, 1.82) is 0 Å². The van der Waals surface area contributed by atoms with Gasteiger partial charge in [-0.15, -0.1) is 23.1 Å². The smallest absolute Gasteiger partial charge is 0.339 e. The molecule has 3 nitrogen and oxygen atoms in total. The van der Waals surface area contributed by atoms with Crippen molar-refractivity contribution in [1.82, 2.24) is 0 Å². The van der Waals surface area contributed by atoms with Crippen LogP contribution in [0.5, 0.6) is 0 Å². The van der Waals surface area contributed by atoms with Crippen LogP contribution in [0.25, 0.3) is 0 Å². The fourth-order valence-corrected chi connectivity index (χ4v) is 3.06. The van der Waals surface area contributed by atoms with Crippen LogP contribution in [0, 0.1) is 0 Å². The Morgan fingerprint density at radius 3 is 2.79 bits per heavy atom. The van der Waals surface area contributed by atoms with E-state index in [2.05, 4.69) is 4.74 Å². The summed E-state index contributed by atoms with van der Waals surface area (Å²) in [7, 11) is 1.34. The van der Waals surface area contributed by atoms with Crippen molar-refractivity contribution in [3.8, 4) is 0 Å². The number of nitrogens with two attached hydrogens (primary N) is 1. The molecule has 1 rings (SSSR count). The average molecular weight is 247 g/mol. The van der Waals surface area contributed by atoms with Gasteiger partial charge in [0, 0.05) is 10.9 Å². The Labute approximate surface area is 95.6 Å². The van der Waals surface area contributed by atoms with Crippen LogP contribution in [0.3, 0.4) is 0 Å². The summed E-state index contributed by atoms with van der Waals surface area (Å²) < 4.78 is 5.57. The van der Waals surface area contributed by atoms with Crippen molar-refractivity contribution in [3.05, 3.63) is 16.5 Å². The molecule has 0 amide bonds. The van der Waals surface area contributed by atoms with E-state index in [1.165, 1.54) is 30.2 Å². The van der Waals surface area contributed by atoms with E-state index in [1.807, 2.05) is 6.26 Å². The second kappa shape index (κ2) is 4.77. The molecule has 0 spiro atoms. The molecule has 0 aliphatic heterocycles. The molecule has 14 heavy (non-hydrogen) atoms. The number of thiophene rings is 1. The van der Waals surface area contributed by atoms with Gasteiger partial charge in [-0.2, -0.15) is 0 Å². The Hall–Kier alpha value is -0.590. The third-order valence-corrected chi connectivity index (χ3v) is 3.93. The minimum atomic E-state index is -0.399. The van der Waals surface area contributed by atoms with Gasteiger partial charge in [0.15, 0.2) is 0 Å². The zero-order valence-electron chi connectivity index (χ0n) is 7.70. The predicted octanol–water partition coefficient (Wildman–Crippen LogP) is 1.89. The second-order valence-corrected chi connectivity index (χ2v) is 4.77. The lowest BCUT2D eigenvalue weighted by atomic mass is 10.2. The summed E-state index contributed by atoms with van der Waals surface area (Å²) in [6.07, 6.45) is 1.91. The minimum Gasteiger partial charge on any atom is -0.465 e. The van der Waals surface area contributed by atoms with E-state index in [9.17, 15) is 4.79 Å². The number of thiocarbonyl (C=S) groups is 1.